The van der Waals surface area contributed by atoms with Gasteiger partial charge in [-0.3, -0.25) is 0 Å². The van der Waals surface area contributed by atoms with Gasteiger partial charge >= 0.3 is 5.97 Å². The van der Waals surface area contributed by atoms with E-state index in [0.717, 1.165) is 4.47 Å². The van der Waals surface area contributed by atoms with Crippen LogP contribution in [0.2, 0.25) is 5.02 Å². The standard InChI is InChI=1S/C26H20BrClN2O4S2/c1-2-34-26(31)23-21(20-10-6-7-11-22(20)28)16-35-25(23)29-24(17-8-4-3-5-9-17)30-36(32,33)19-14-12-18(27)13-15-19/h3-16H,2H2,1H3,(H,29,30). The molecule has 3 aromatic carbocycles. The molecule has 0 unspecified atom stereocenters. The van der Waals surface area contributed by atoms with Crippen molar-refractivity contribution in [1.82, 2.24) is 0 Å². The summed E-state index contributed by atoms with van der Waals surface area (Å²) in [6.45, 7) is 1.89. The van der Waals surface area contributed by atoms with Gasteiger partial charge in [-0.25, -0.2) is 4.79 Å². The molecule has 1 aromatic heterocycles. The van der Waals surface area contributed by atoms with Crippen LogP contribution >= 0.6 is 38.9 Å². The molecule has 10 heteroatoms. The highest BCUT2D eigenvalue weighted by Gasteiger charge is 2.25. The van der Waals surface area contributed by atoms with Gasteiger partial charge in [0.1, 0.15) is 10.6 Å². The number of halogens is 2. The van der Waals surface area contributed by atoms with Crippen LogP contribution in [0.1, 0.15) is 22.8 Å². The van der Waals surface area contributed by atoms with E-state index >= 15 is 0 Å². The summed E-state index contributed by atoms with van der Waals surface area (Å²) in [5, 5.41) is 5.73. The molecule has 0 bridgehead atoms. The SMILES string of the molecule is CCOC(=O)c1c(-c2ccccc2Cl)csc1NC(=NS(=O)(=O)c1ccc(Br)cc1)c1ccccc1. The van der Waals surface area contributed by atoms with Crippen LogP contribution in [0.4, 0.5) is 5.00 Å². The van der Waals surface area contributed by atoms with Gasteiger partial charge in [0.25, 0.3) is 10.0 Å². The van der Waals surface area contributed by atoms with Crippen LogP contribution in [-0.4, -0.2) is 26.8 Å². The third-order valence-electron chi connectivity index (χ3n) is 5.04. The lowest BCUT2D eigenvalue weighted by atomic mass is 10.0. The zero-order valence-electron chi connectivity index (χ0n) is 18.9. The first kappa shape index (κ1) is 26.1. The maximum absolute atomic E-state index is 13.2. The van der Waals surface area contributed by atoms with E-state index in [1.807, 2.05) is 12.1 Å². The summed E-state index contributed by atoms with van der Waals surface area (Å²) < 4.78 is 36.5. The second-order valence-corrected chi connectivity index (χ2v) is 11.2. The molecule has 184 valence electrons. The Morgan fingerprint density at radius 3 is 2.33 bits per heavy atom. The van der Waals surface area contributed by atoms with Gasteiger partial charge in [-0.15, -0.1) is 15.7 Å². The van der Waals surface area contributed by atoms with Crippen molar-refractivity contribution in [3.05, 3.63) is 105 Å². The van der Waals surface area contributed by atoms with Crippen LogP contribution in [0.25, 0.3) is 11.1 Å². The Balaban J connectivity index is 1.84. The van der Waals surface area contributed by atoms with Crippen molar-refractivity contribution >= 4 is 65.7 Å². The van der Waals surface area contributed by atoms with Gasteiger partial charge in [-0.2, -0.15) is 8.42 Å². The Bertz CT molecular complexity index is 1520. The number of esters is 1. The number of carbonyl (C=O) groups is 1. The van der Waals surface area contributed by atoms with Crippen molar-refractivity contribution in [2.45, 2.75) is 11.8 Å². The quantitative estimate of drug-likeness (QED) is 0.137. The number of nitrogens with zero attached hydrogens (tertiary/aromatic N) is 1. The maximum Gasteiger partial charge on any atom is 0.341 e. The number of amidine groups is 1. The molecule has 4 rings (SSSR count). The Kier molecular flexibility index (Phi) is 8.25. The number of benzene rings is 3. The molecule has 1 heterocycles. The van der Waals surface area contributed by atoms with Crippen LogP contribution in [-0.2, 0) is 14.8 Å². The molecular formula is C26H20BrClN2O4S2. The van der Waals surface area contributed by atoms with Crippen molar-refractivity contribution in [2.75, 3.05) is 11.9 Å². The van der Waals surface area contributed by atoms with E-state index in [0.29, 0.717) is 26.7 Å². The fourth-order valence-corrected chi connectivity index (χ4v) is 5.79. The third kappa shape index (κ3) is 5.87. The van der Waals surface area contributed by atoms with E-state index in [9.17, 15) is 13.2 Å². The van der Waals surface area contributed by atoms with Gasteiger partial charge in [0.2, 0.25) is 0 Å². The minimum atomic E-state index is -4.07. The summed E-state index contributed by atoms with van der Waals surface area (Å²) >= 11 is 11.0. The predicted molar refractivity (Wildman–Crippen MR) is 149 cm³/mol. The Morgan fingerprint density at radius 1 is 1.00 bits per heavy atom. The number of hydrogen-bond acceptors (Lipinski definition) is 5. The van der Waals surface area contributed by atoms with E-state index in [2.05, 4.69) is 25.6 Å². The van der Waals surface area contributed by atoms with Crippen molar-refractivity contribution < 1.29 is 17.9 Å². The Hall–Kier alpha value is -2.98. The minimum Gasteiger partial charge on any atom is -0.462 e. The van der Waals surface area contributed by atoms with Crippen molar-refractivity contribution in [1.29, 1.82) is 0 Å². The third-order valence-corrected chi connectivity index (χ3v) is 8.08. The second-order valence-electron chi connectivity index (χ2n) is 7.41. The molecule has 36 heavy (non-hydrogen) atoms. The summed E-state index contributed by atoms with van der Waals surface area (Å²) in [5.74, 6) is -0.490. The number of nitrogens with one attached hydrogen (secondary N) is 1. The molecule has 4 aromatic rings. The van der Waals surface area contributed by atoms with Crippen molar-refractivity contribution in [3.63, 3.8) is 0 Å². The molecule has 0 atom stereocenters. The summed E-state index contributed by atoms with van der Waals surface area (Å²) in [6.07, 6.45) is 0. The van der Waals surface area contributed by atoms with E-state index in [1.165, 1.54) is 23.5 Å². The molecule has 0 saturated heterocycles. The molecule has 0 fully saturated rings. The number of ether oxygens (including phenoxy) is 1. The smallest absolute Gasteiger partial charge is 0.341 e. The monoisotopic (exact) mass is 602 g/mol. The molecule has 0 amide bonds. The number of hydrogen-bond donors (Lipinski definition) is 1. The normalized spacial score (nSPS) is 11.8. The first-order valence-electron chi connectivity index (χ1n) is 10.8. The highest BCUT2D eigenvalue weighted by molar-refractivity contribution is 9.10. The number of rotatable bonds is 7. The molecule has 1 N–H and O–H groups in total. The van der Waals surface area contributed by atoms with Gasteiger partial charge in [-0.05, 0) is 37.3 Å². The zero-order valence-corrected chi connectivity index (χ0v) is 22.9. The molecule has 0 radical (unpaired) electrons. The fraction of sp³-hybridized carbons (Fsp3) is 0.0769. The topological polar surface area (TPSA) is 84.8 Å². The van der Waals surface area contributed by atoms with Gasteiger partial charge < -0.3 is 10.1 Å². The summed E-state index contributed by atoms with van der Waals surface area (Å²) in [4.78, 5) is 13.1. The van der Waals surface area contributed by atoms with Gasteiger partial charge in [-0.1, -0.05) is 76.1 Å². The summed E-state index contributed by atoms with van der Waals surface area (Å²) in [7, 11) is -4.07. The van der Waals surface area contributed by atoms with Crippen LogP contribution in [0, 0.1) is 0 Å². The first-order valence-corrected chi connectivity index (χ1v) is 14.3. The van der Waals surface area contributed by atoms with E-state index < -0.39 is 16.0 Å². The van der Waals surface area contributed by atoms with Gasteiger partial charge in [0, 0.05) is 31.6 Å². The predicted octanol–water partition coefficient (Wildman–Crippen LogP) is 7.26. The second kappa shape index (κ2) is 11.4. The summed E-state index contributed by atoms with van der Waals surface area (Å²) in [5.41, 5.74) is 2.02. The van der Waals surface area contributed by atoms with Crippen molar-refractivity contribution in [3.8, 4) is 11.1 Å². The minimum absolute atomic E-state index is 0.0366. The van der Waals surface area contributed by atoms with Crippen LogP contribution < -0.4 is 5.32 Å². The van der Waals surface area contributed by atoms with E-state index in [4.69, 9.17) is 16.3 Å². The van der Waals surface area contributed by atoms with Crippen LogP contribution in [0.3, 0.4) is 0 Å². The number of thiophene rings is 1. The molecule has 0 aliphatic carbocycles. The Labute approximate surface area is 226 Å². The number of sulfonamides is 1. The van der Waals surface area contributed by atoms with E-state index in [1.54, 1.807) is 66.9 Å². The van der Waals surface area contributed by atoms with Gasteiger partial charge in [0.05, 0.1) is 11.5 Å². The van der Waals surface area contributed by atoms with Crippen LogP contribution in [0.15, 0.2) is 98.0 Å². The Morgan fingerprint density at radius 2 is 1.67 bits per heavy atom. The number of anilines is 1. The van der Waals surface area contributed by atoms with Gasteiger partial charge in [0.15, 0.2) is 5.84 Å². The fourth-order valence-electron chi connectivity index (χ4n) is 3.36. The maximum atomic E-state index is 13.2. The highest BCUT2D eigenvalue weighted by atomic mass is 79.9. The van der Waals surface area contributed by atoms with Crippen molar-refractivity contribution in [2.24, 2.45) is 4.40 Å². The summed E-state index contributed by atoms with van der Waals surface area (Å²) in [6, 6.07) is 22.2. The molecule has 0 spiro atoms. The zero-order chi connectivity index (χ0) is 25.7. The largest absolute Gasteiger partial charge is 0.462 e. The molecule has 0 aliphatic heterocycles. The lowest BCUT2D eigenvalue weighted by Crippen LogP contribution is -2.18. The lowest BCUT2D eigenvalue weighted by molar-refractivity contribution is 0.0529. The average Bonchev–Trinajstić information content (AvgIpc) is 3.28. The highest BCUT2D eigenvalue weighted by Crippen LogP contribution is 2.39. The first-order chi connectivity index (χ1) is 17.3. The molecule has 0 saturated carbocycles. The average molecular weight is 604 g/mol. The molecular weight excluding hydrogens is 584 g/mol. The number of carbonyl (C=O) groups excluding carboxylic acids is 1. The van der Waals surface area contributed by atoms with E-state index in [-0.39, 0.29) is 22.9 Å². The lowest BCUT2D eigenvalue weighted by Gasteiger charge is -2.12. The van der Waals surface area contributed by atoms with Crippen LogP contribution in [0.5, 0.6) is 0 Å². The molecule has 0 aliphatic rings. The molecule has 6 nitrogen and oxygen atoms in total.